The maximum atomic E-state index is 13.2. The first-order valence-electron chi connectivity index (χ1n) is 11.8. The second-order valence-electron chi connectivity index (χ2n) is 9.27. The van der Waals surface area contributed by atoms with Crippen LogP contribution in [-0.2, 0) is 14.3 Å². The molecule has 0 bridgehead atoms. The van der Waals surface area contributed by atoms with Gasteiger partial charge in [-0.25, -0.2) is 9.59 Å². The molecule has 2 aliphatic heterocycles. The van der Waals surface area contributed by atoms with Crippen molar-refractivity contribution in [2.45, 2.75) is 45.7 Å². The van der Waals surface area contributed by atoms with Crippen LogP contribution in [0.2, 0.25) is 0 Å². The van der Waals surface area contributed by atoms with Gasteiger partial charge in [0.2, 0.25) is 5.91 Å². The molecule has 178 valence electrons. The zero-order valence-corrected chi connectivity index (χ0v) is 20.0. The molecule has 4 rings (SSSR count). The number of carbonyl (C=O) groups excluding carboxylic acids is 3. The maximum Gasteiger partial charge on any atom is 0.338 e. The average molecular weight is 455 g/mol. The van der Waals surface area contributed by atoms with E-state index in [1.807, 2.05) is 36.1 Å². The number of urea groups is 1. The topological polar surface area (TPSA) is 82.2 Å². The Kier molecular flexibility index (Phi) is 6.74. The Balaban J connectivity index is 1.64. The summed E-state index contributed by atoms with van der Waals surface area (Å²) in [5, 5.41) is 2.99. The van der Waals surface area contributed by atoms with Crippen LogP contribution in [-0.4, -0.2) is 78.5 Å². The molecule has 1 saturated heterocycles. The molecule has 8 nitrogen and oxygen atoms in total. The number of hydrogen-bond donors (Lipinski definition) is 1. The predicted molar refractivity (Wildman–Crippen MR) is 124 cm³/mol. The van der Waals surface area contributed by atoms with Gasteiger partial charge in [0.05, 0.1) is 18.2 Å². The van der Waals surface area contributed by atoms with Gasteiger partial charge in [0.1, 0.15) is 0 Å². The Labute approximate surface area is 195 Å². The van der Waals surface area contributed by atoms with Crippen LogP contribution in [0, 0.1) is 12.8 Å². The highest BCUT2D eigenvalue weighted by molar-refractivity contribution is 5.95. The number of benzene rings is 1. The second-order valence-corrected chi connectivity index (χ2v) is 9.27. The minimum atomic E-state index is -0.570. The monoisotopic (exact) mass is 454 g/mol. The van der Waals surface area contributed by atoms with Crippen molar-refractivity contribution in [3.63, 3.8) is 0 Å². The summed E-state index contributed by atoms with van der Waals surface area (Å²) < 4.78 is 5.43. The summed E-state index contributed by atoms with van der Waals surface area (Å²) in [6.45, 7) is 8.58. The van der Waals surface area contributed by atoms with Crippen LogP contribution in [0.1, 0.15) is 43.9 Å². The van der Waals surface area contributed by atoms with Crippen LogP contribution in [0.4, 0.5) is 4.79 Å². The third kappa shape index (κ3) is 4.76. The summed E-state index contributed by atoms with van der Waals surface area (Å²) >= 11 is 0. The van der Waals surface area contributed by atoms with E-state index in [1.165, 1.54) is 4.90 Å². The normalized spacial score (nSPS) is 24.1. The highest BCUT2D eigenvalue weighted by atomic mass is 16.5. The second kappa shape index (κ2) is 9.55. The lowest BCUT2D eigenvalue weighted by atomic mass is 9.91. The van der Waals surface area contributed by atoms with Crippen LogP contribution in [0.25, 0.3) is 0 Å². The van der Waals surface area contributed by atoms with Crippen molar-refractivity contribution in [3.8, 4) is 0 Å². The highest BCUT2D eigenvalue weighted by Crippen LogP contribution is 2.34. The molecule has 3 amide bonds. The predicted octanol–water partition coefficient (Wildman–Crippen LogP) is 2.45. The quantitative estimate of drug-likeness (QED) is 0.668. The number of rotatable bonds is 6. The molecule has 0 spiro atoms. The third-order valence-corrected chi connectivity index (χ3v) is 6.87. The lowest BCUT2D eigenvalue weighted by Crippen LogP contribution is -2.56. The van der Waals surface area contributed by atoms with Gasteiger partial charge in [-0.1, -0.05) is 24.3 Å². The third-order valence-electron chi connectivity index (χ3n) is 6.87. The van der Waals surface area contributed by atoms with Gasteiger partial charge < -0.3 is 15.0 Å². The lowest BCUT2D eigenvalue weighted by molar-refractivity contribution is -0.139. The number of aryl methyl sites for hydroxylation is 1. The van der Waals surface area contributed by atoms with Gasteiger partial charge in [0.25, 0.3) is 0 Å². The number of esters is 1. The van der Waals surface area contributed by atoms with Gasteiger partial charge in [0.15, 0.2) is 0 Å². The van der Waals surface area contributed by atoms with E-state index in [1.54, 1.807) is 14.0 Å². The zero-order valence-electron chi connectivity index (χ0n) is 20.0. The van der Waals surface area contributed by atoms with Gasteiger partial charge >= 0.3 is 12.0 Å². The largest absolute Gasteiger partial charge is 0.463 e. The summed E-state index contributed by atoms with van der Waals surface area (Å²) in [5.74, 6) is 0.0609. The van der Waals surface area contributed by atoms with E-state index in [4.69, 9.17) is 4.74 Å². The number of nitrogens with zero attached hydrogens (tertiary/aromatic N) is 3. The maximum absolute atomic E-state index is 13.2. The van der Waals surface area contributed by atoms with Crippen LogP contribution < -0.4 is 5.32 Å². The molecule has 33 heavy (non-hydrogen) atoms. The van der Waals surface area contributed by atoms with Gasteiger partial charge in [-0.15, -0.1) is 0 Å². The molecule has 8 heteroatoms. The number of ether oxygens (including phenoxy) is 1. The molecule has 1 N–H and O–H groups in total. The number of nitrogens with one attached hydrogen (secondary N) is 1. The van der Waals surface area contributed by atoms with Crippen molar-refractivity contribution >= 4 is 17.9 Å². The Morgan fingerprint density at radius 3 is 2.55 bits per heavy atom. The molecular formula is C25H34N4O4. The van der Waals surface area contributed by atoms with Gasteiger partial charge in [-0.3, -0.25) is 14.6 Å². The van der Waals surface area contributed by atoms with Crippen molar-refractivity contribution in [3.05, 3.63) is 46.7 Å². The Bertz CT molecular complexity index is 971. The molecule has 0 radical (unpaired) electrons. The van der Waals surface area contributed by atoms with Crippen molar-refractivity contribution in [2.24, 2.45) is 5.92 Å². The molecule has 1 aromatic rings. The van der Waals surface area contributed by atoms with Gasteiger partial charge in [-0.05, 0) is 44.7 Å². The molecule has 2 atom stereocenters. The number of piperazine rings is 1. The van der Waals surface area contributed by atoms with Crippen molar-refractivity contribution < 1.29 is 19.1 Å². The fraction of sp³-hybridized carbons (Fsp3) is 0.560. The Morgan fingerprint density at radius 2 is 1.91 bits per heavy atom. The molecule has 3 aliphatic rings. The van der Waals surface area contributed by atoms with E-state index >= 15 is 0 Å². The molecule has 0 aromatic heterocycles. The molecular weight excluding hydrogens is 420 g/mol. The van der Waals surface area contributed by atoms with E-state index in [2.05, 4.69) is 17.1 Å². The van der Waals surface area contributed by atoms with Crippen molar-refractivity contribution in [1.29, 1.82) is 0 Å². The summed E-state index contributed by atoms with van der Waals surface area (Å²) in [6.07, 6.45) is 2.00. The molecule has 1 aliphatic carbocycles. The van der Waals surface area contributed by atoms with Crippen LogP contribution in [0.15, 0.2) is 35.5 Å². The average Bonchev–Trinajstić information content (AvgIpc) is 3.62. The van der Waals surface area contributed by atoms with Crippen LogP contribution in [0.3, 0.4) is 0 Å². The smallest absolute Gasteiger partial charge is 0.338 e. The molecule has 1 saturated carbocycles. The van der Waals surface area contributed by atoms with Gasteiger partial charge in [0, 0.05) is 50.9 Å². The van der Waals surface area contributed by atoms with E-state index in [-0.39, 0.29) is 30.5 Å². The van der Waals surface area contributed by atoms with Crippen LogP contribution >= 0.6 is 0 Å². The Morgan fingerprint density at radius 1 is 1.18 bits per heavy atom. The number of carbonyl (C=O) groups is 3. The molecule has 1 aromatic carbocycles. The summed E-state index contributed by atoms with van der Waals surface area (Å²) in [4.78, 5) is 44.4. The molecule has 0 unspecified atom stereocenters. The fourth-order valence-corrected chi connectivity index (χ4v) is 4.82. The SMILES string of the molecule is CCOC(=O)C1=C(CN2CCN(C(=O)C3CC3)[C@@H](C)C2)N(C)C(=O)N[C@@H]1c1ccccc1C. The van der Waals surface area contributed by atoms with Gasteiger partial charge in [-0.2, -0.15) is 0 Å². The van der Waals surface area contributed by atoms with Crippen LogP contribution in [0.5, 0.6) is 0 Å². The first-order valence-corrected chi connectivity index (χ1v) is 11.8. The first kappa shape index (κ1) is 23.3. The summed E-state index contributed by atoms with van der Waals surface area (Å²) in [7, 11) is 1.69. The number of amides is 3. The number of hydrogen-bond acceptors (Lipinski definition) is 5. The first-order chi connectivity index (χ1) is 15.8. The highest BCUT2D eigenvalue weighted by Gasteiger charge is 2.40. The van der Waals surface area contributed by atoms with E-state index < -0.39 is 12.0 Å². The summed E-state index contributed by atoms with van der Waals surface area (Å²) in [6, 6.07) is 7.03. The standard InChI is InChI=1S/C25H34N4O4/c1-5-33-24(31)21-20(15-28-12-13-29(17(3)14-28)23(30)18-10-11-18)27(4)25(32)26-22(21)19-9-7-6-8-16(19)2/h6-9,17-18,22H,5,10-15H2,1-4H3,(H,26,32)/t17-,22+/m0/s1. The number of likely N-dealkylation sites (N-methyl/N-ethyl adjacent to an activating group) is 1. The van der Waals surface area contributed by atoms with E-state index in [0.29, 0.717) is 37.4 Å². The van der Waals surface area contributed by atoms with E-state index in [0.717, 1.165) is 24.0 Å². The minimum absolute atomic E-state index is 0.0911. The van der Waals surface area contributed by atoms with Crippen molar-refractivity contribution in [1.82, 2.24) is 20.0 Å². The van der Waals surface area contributed by atoms with Crippen molar-refractivity contribution in [2.75, 3.05) is 39.8 Å². The Hall–Kier alpha value is -2.87. The molecule has 2 fully saturated rings. The minimum Gasteiger partial charge on any atom is -0.463 e. The lowest BCUT2D eigenvalue weighted by Gasteiger charge is -2.42. The van der Waals surface area contributed by atoms with E-state index in [9.17, 15) is 14.4 Å². The fourth-order valence-electron chi connectivity index (χ4n) is 4.82. The zero-order chi connectivity index (χ0) is 23.7. The summed E-state index contributed by atoms with van der Waals surface area (Å²) in [5.41, 5.74) is 3.00. The molecule has 2 heterocycles.